The molecule has 1 amide bonds. The molecule has 0 bridgehead atoms. The van der Waals surface area contributed by atoms with Gasteiger partial charge in [0, 0.05) is 24.6 Å². The summed E-state index contributed by atoms with van der Waals surface area (Å²) in [5.41, 5.74) is 1.06. The molecule has 2 aliphatic rings. The Labute approximate surface area is 150 Å². The number of hydrogen-bond acceptors (Lipinski definition) is 6. The summed E-state index contributed by atoms with van der Waals surface area (Å²) in [4.78, 5) is 18.4. The predicted molar refractivity (Wildman–Crippen MR) is 101 cm³/mol. The molecule has 3 rings (SSSR count). The van der Waals surface area contributed by atoms with Crippen molar-refractivity contribution in [1.29, 1.82) is 0 Å². The molecule has 1 aromatic rings. The minimum Gasteiger partial charge on any atom is -0.497 e. The smallest absolute Gasteiger partial charge is 0.268 e. The second kappa shape index (κ2) is 6.75. The minimum atomic E-state index is 0.0302. The minimum absolute atomic E-state index is 0.0302. The van der Waals surface area contributed by atoms with E-state index in [9.17, 15) is 4.79 Å². The number of thioether (sulfide) groups is 2. The van der Waals surface area contributed by atoms with Gasteiger partial charge in [-0.1, -0.05) is 49.1 Å². The van der Waals surface area contributed by atoms with Crippen LogP contribution in [0.15, 0.2) is 33.0 Å². The molecule has 4 nitrogen and oxygen atoms in total. The summed E-state index contributed by atoms with van der Waals surface area (Å²) in [5.74, 6) is 0.843. The highest BCUT2D eigenvalue weighted by molar-refractivity contribution is 8.27. The maximum absolute atomic E-state index is 12.7. The lowest BCUT2D eigenvalue weighted by Gasteiger charge is -2.16. The quantitative estimate of drug-likeness (QED) is 0.590. The number of carbonyl (C=O) groups is 1. The number of carbonyl (C=O) groups excluding carboxylic acids is 1. The van der Waals surface area contributed by atoms with Crippen molar-refractivity contribution >= 4 is 51.7 Å². The van der Waals surface area contributed by atoms with Gasteiger partial charge in [0.2, 0.25) is 0 Å². The van der Waals surface area contributed by atoms with Crippen molar-refractivity contribution in [1.82, 2.24) is 4.90 Å². The van der Waals surface area contributed by atoms with Crippen molar-refractivity contribution in [2.75, 3.05) is 25.6 Å². The zero-order chi connectivity index (χ0) is 16.6. The van der Waals surface area contributed by atoms with Gasteiger partial charge >= 0.3 is 0 Å². The van der Waals surface area contributed by atoms with Crippen LogP contribution in [0.1, 0.15) is 19.8 Å². The standard InChI is InChI=1S/C16H18N2O2S3/c1-4-5-8-18-14(19)13(23-16(18)21)15-17(2)11-9-10(20-3)6-7-12(11)22-15/h6-7,9H,4-5,8H2,1-3H3/b15-13-. The fourth-order valence-electron chi connectivity index (χ4n) is 2.49. The number of hydrogen-bond donors (Lipinski definition) is 0. The van der Waals surface area contributed by atoms with Gasteiger partial charge in [-0.25, -0.2) is 0 Å². The third-order valence-corrected chi connectivity index (χ3v) is 6.62. The third-order valence-electron chi connectivity index (χ3n) is 3.82. The summed E-state index contributed by atoms with van der Waals surface area (Å²) >= 11 is 8.42. The lowest BCUT2D eigenvalue weighted by molar-refractivity contribution is -0.122. The van der Waals surface area contributed by atoms with Crippen LogP contribution in [0.4, 0.5) is 5.69 Å². The first kappa shape index (κ1) is 16.7. The van der Waals surface area contributed by atoms with Crippen LogP contribution in [0.25, 0.3) is 0 Å². The Bertz CT molecular complexity index is 703. The van der Waals surface area contributed by atoms with Crippen molar-refractivity contribution in [3.8, 4) is 5.75 Å². The summed E-state index contributed by atoms with van der Waals surface area (Å²) in [6.07, 6.45) is 2.01. The van der Waals surface area contributed by atoms with E-state index in [2.05, 4.69) is 11.8 Å². The van der Waals surface area contributed by atoms with Crippen molar-refractivity contribution < 1.29 is 9.53 Å². The lowest BCUT2D eigenvalue weighted by atomic mass is 10.3. The van der Waals surface area contributed by atoms with Crippen molar-refractivity contribution in [3.63, 3.8) is 0 Å². The summed E-state index contributed by atoms with van der Waals surface area (Å²) in [5, 5.41) is 0.949. The first-order valence-corrected chi connectivity index (χ1v) is 9.48. The predicted octanol–water partition coefficient (Wildman–Crippen LogP) is 4.07. The van der Waals surface area contributed by atoms with Gasteiger partial charge in [-0.2, -0.15) is 0 Å². The Morgan fingerprint density at radius 3 is 2.78 bits per heavy atom. The second-order valence-electron chi connectivity index (χ2n) is 5.31. The number of nitrogens with zero attached hydrogens (tertiary/aromatic N) is 2. The van der Waals surface area contributed by atoms with E-state index >= 15 is 0 Å². The van der Waals surface area contributed by atoms with Crippen molar-refractivity contribution in [3.05, 3.63) is 28.1 Å². The van der Waals surface area contributed by atoms with E-state index in [1.807, 2.05) is 25.2 Å². The van der Waals surface area contributed by atoms with E-state index in [4.69, 9.17) is 17.0 Å². The SMILES string of the molecule is CCCCN1C(=O)/C(=C2/Sc3ccc(OC)cc3N2C)SC1=S. The van der Waals surface area contributed by atoms with Gasteiger partial charge in [-0.05, 0) is 18.6 Å². The van der Waals surface area contributed by atoms with Crippen LogP contribution in [0.3, 0.4) is 0 Å². The molecule has 0 unspecified atom stereocenters. The number of benzene rings is 1. The highest BCUT2D eigenvalue weighted by atomic mass is 32.2. The van der Waals surface area contributed by atoms with Crippen LogP contribution in [-0.4, -0.2) is 35.8 Å². The average Bonchev–Trinajstić information content (AvgIpc) is 3.02. The van der Waals surface area contributed by atoms with E-state index in [1.54, 1.807) is 23.8 Å². The molecule has 2 aliphatic heterocycles. The molecule has 0 aromatic heterocycles. The lowest BCUT2D eigenvalue weighted by Crippen LogP contribution is -2.29. The Balaban J connectivity index is 1.91. The Morgan fingerprint density at radius 2 is 2.09 bits per heavy atom. The molecule has 2 heterocycles. The van der Waals surface area contributed by atoms with Crippen LogP contribution < -0.4 is 9.64 Å². The highest BCUT2D eigenvalue weighted by Gasteiger charge is 2.37. The zero-order valence-corrected chi connectivity index (χ0v) is 15.7. The van der Waals surface area contributed by atoms with Crippen molar-refractivity contribution in [2.24, 2.45) is 0 Å². The van der Waals surface area contributed by atoms with E-state index in [0.29, 0.717) is 10.9 Å². The molecule has 1 saturated heterocycles. The molecule has 1 aromatic carbocycles. The summed E-state index contributed by atoms with van der Waals surface area (Å²) in [6, 6.07) is 5.96. The van der Waals surface area contributed by atoms with E-state index < -0.39 is 0 Å². The molecule has 23 heavy (non-hydrogen) atoms. The number of rotatable bonds is 4. The molecule has 0 aliphatic carbocycles. The maximum atomic E-state index is 12.7. The van der Waals surface area contributed by atoms with Gasteiger partial charge in [-0.15, -0.1) is 0 Å². The molecule has 0 atom stereocenters. The van der Waals surface area contributed by atoms with Gasteiger partial charge < -0.3 is 9.64 Å². The first-order chi connectivity index (χ1) is 11.1. The van der Waals surface area contributed by atoms with E-state index in [1.165, 1.54) is 11.8 Å². The Morgan fingerprint density at radius 1 is 1.30 bits per heavy atom. The zero-order valence-electron chi connectivity index (χ0n) is 13.3. The van der Waals surface area contributed by atoms with Crippen LogP contribution in [-0.2, 0) is 4.79 Å². The second-order valence-corrected chi connectivity index (χ2v) is 7.98. The maximum Gasteiger partial charge on any atom is 0.268 e. The molecule has 0 saturated carbocycles. The van der Waals surface area contributed by atoms with Gasteiger partial charge in [0.1, 0.15) is 15.0 Å². The first-order valence-electron chi connectivity index (χ1n) is 7.44. The van der Waals surface area contributed by atoms with Gasteiger partial charge in [0.05, 0.1) is 17.8 Å². The van der Waals surface area contributed by atoms with Gasteiger partial charge in [0.25, 0.3) is 5.91 Å². The number of amides is 1. The monoisotopic (exact) mass is 366 g/mol. The normalized spacial score (nSPS) is 20.5. The molecule has 0 N–H and O–H groups in total. The highest BCUT2D eigenvalue weighted by Crippen LogP contribution is 2.50. The number of fused-ring (bicyclic) bond motifs is 1. The number of thiocarbonyl (C=S) groups is 1. The van der Waals surface area contributed by atoms with E-state index in [-0.39, 0.29) is 5.91 Å². The van der Waals surface area contributed by atoms with Crippen LogP contribution in [0.5, 0.6) is 5.75 Å². The Kier molecular flexibility index (Phi) is 4.89. The van der Waals surface area contributed by atoms with Crippen LogP contribution in [0, 0.1) is 0 Å². The fraction of sp³-hybridized carbons (Fsp3) is 0.375. The number of ether oxygens (including phenoxy) is 1. The summed E-state index contributed by atoms with van der Waals surface area (Å²) < 4.78 is 5.96. The summed E-state index contributed by atoms with van der Waals surface area (Å²) in [6.45, 7) is 2.81. The van der Waals surface area contributed by atoms with Gasteiger partial charge in [-0.3, -0.25) is 9.69 Å². The summed E-state index contributed by atoms with van der Waals surface area (Å²) in [7, 11) is 3.63. The van der Waals surface area contributed by atoms with E-state index in [0.717, 1.165) is 39.1 Å². The number of anilines is 1. The molecule has 122 valence electrons. The number of methoxy groups -OCH3 is 1. The van der Waals surface area contributed by atoms with Crippen LogP contribution in [0.2, 0.25) is 0 Å². The fourth-order valence-corrected chi connectivity index (χ4v) is 5.10. The van der Waals surface area contributed by atoms with Gasteiger partial charge in [0.15, 0.2) is 0 Å². The largest absolute Gasteiger partial charge is 0.497 e. The van der Waals surface area contributed by atoms with Crippen LogP contribution >= 0.6 is 35.7 Å². The molecular formula is C16H18N2O2S3. The van der Waals surface area contributed by atoms with Crippen molar-refractivity contribution in [2.45, 2.75) is 24.7 Å². The molecule has 7 heteroatoms. The number of unbranched alkanes of at least 4 members (excludes halogenated alkanes) is 1. The molecule has 0 radical (unpaired) electrons. The molecular weight excluding hydrogens is 348 g/mol. The topological polar surface area (TPSA) is 32.8 Å². The Hall–Kier alpha value is -1.18. The molecule has 0 spiro atoms. The molecule has 1 fully saturated rings. The average molecular weight is 367 g/mol. The third kappa shape index (κ3) is 2.97.